The third-order valence-electron chi connectivity index (χ3n) is 8.28. The number of rotatable bonds is 28. The fraction of sp³-hybridized carbons (Fsp3) is 1.00. The van der Waals surface area contributed by atoms with Gasteiger partial charge in [0.1, 0.15) is 0 Å². The molecule has 0 saturated heterocycles. The van der Waals surface area contributed by atoms with Crippen molar-refractivity contribution in [1.82, 2.24) is 0 Å². The number of hydrogen-bond donors (Lipinski definition) is 0. The number of hydrogen-bond acceptors (Lipinski definition) is 0. The van der Waals surface area contributed by atoms with Crippen LogP contribution in [-0.4, -0.2) is 24.6 Å². The van der Waals surface area contributed by atoms with Gasteiger partial charge in [-0.05, 0) is 0 Å². The summed E-state index contributed by atoms with van der Waals surface area (Å²) in [6.07, 6.45) is 41.7. The Morgan fingerprint density at radius 3 is 0.706 bits per heavy atom. The van der Waals surface area contributed by atoms with Crippen molar-refractivity contribution >= 4 is 26.3 Å². The van der Waals surface area contributed by atoms with Gasteiger partial charge in [-0.1, -0.05) is 13.3 Å². The molecular formula is C32H68IP. The van der Waals surface area contributed by atoms with Crippen molar-refractivity contribution in [2.45, 2.75) is 182 Å². The normalized spacial score (nSPS) is 13.3. The number of halogens is 1. The second kappa shape index (κ2) is 24.5. The Hall–Kier alpha value is 1.16. The topological polar surface area (TPSA) is 0 Å². The zero-order valence-electron chi connectivity index (χ0n) is 24.6. The Balaban J connectivity index is 4.57. The van der Waals surface area contributed by atoms with Crippen LogP contribution in [0.4, 0.5) is 0 Å². The molecule has 0 rings (SSSR count). The predicted molar refractivity (Wildman–Crippen MR) is 174 cm³/mol. The summed E-state index contributed by atoms with van der Waals surface area (Å²) in [5, 5.41) is 0. The molecule has 34 heavy (non-hydrogen) atoms. The molecule has 0 nitrogen and oxygen atoms in total. The second-order valence-corrected chi connectivity index (χ2v) is 25.4. The van der Waals surface area contributed by atoms with Gasteiger partial charge in [-0.25, -0.2) is 0 Å². The van der Waals surface area contributed by atoms with E-state index >= 15 is 0 Å². The molecule has 208 valence electrons. The molecule has 0 aromatic carbocycles. The first-order chi connectivity index (χ1) is 16.5. The van der Waals surface area contributed by atoms with Crippen molar-refractivity contribution < 1.29 is 0 Å². The van der Waals surface area contributed by atoms with Gasteiger partial charge < -0.3 is 0 Å². The third-order valence-corrected chi connectivity index (χ3v) is 19.8. The van der Waals surface area contributed by atoms with Crippen LogP contribution in [0.15, 0.2) is 0 Å². The number of unbranched alkanes of at least 4 members (excludes halogenated alkanes) is 20. The van der Waals surface area contributed by atoms with E-state index in [1.807, 2.05) is 0 Å². The standard InChI is InChI=1S/C32H68IP/c1-5-9-13-17-18-19-20-21-22-23-24-28-32-34(33,29-25-14-10-6-2,30-26-15-11-7-3)31-27-16-12-8-4/h5-32H2,1-4H3. The van der Waals surface area contributed by atoms with E-state index in [0.29, 0.717) is 0 Å². The molecule has 0 aromatic rings. The van der Waals surface area contributed by atoms with Crippen LogP contribution in [0.25, 0.3) is 0 Å². The molecule has 0 heterocycles. The van der Waals surface area contributed by atoms with Gasteiger partial charge in [0.25, 0.3) is 0 Å². The summed E-state index contributed by atoms with van der Waals surface area (Å²) < 4.78 is -1.57. The summed E-state index contributed by atoms with van der Waals surface area (Å²) in [5.74, 6) is 0. The van der Waals surface area contributed by atoms with Crippen LogP contribution >= 0.6 is 26.3 Å². The van der Waals surface area contributed by atoms with Gasteiger partial charge in [-0.15, -0.1) is 0 Å². The zero-order chi connectivity index (χ0) is 25.2. The molecular weight excluding hydrogens is 542 g/mol. The molecule has 0 spiro atoms. The molecule has 0 saturated carbocycles. The predicted octanol–water partition coefficient (Wildman–Crippen LogP) is 13.3. The molecule has 0 N–H and O–H groups in total. The van der Waals surface area contributed by atoms with Crippen LogP contribution in [0.1, 0.15) is 182 Å². The van der Waals surface area contributed by atoms with Crippen LogP contribution in [0, 0.1) is 0 Å². The van der Waals surface area contributed by atoms with Crippen molar-refractivity contribution in [2.24, 2.45) is 0 Å². The van der Waals surface area contributed by atoms with Crippen molar-refractivity contribution in [3.05, 3.63) is 0 Å². The Bertz CT molecular complexity index is 374. The minimum atomic E-state index is -1.57. The average molecular weight is 611 g/mol. The van der Waals surface area contributed by atoms with Crippen molar-refractivity contribution in [3.63, 3.8) is 0 Å². The van der Waals surface area contributed by atoms with E-state index in [1.165, 1.54) is 154 Å². The van der Waals surface area contributed by atoms with Crippen LogP contribution in [0.2, 0.25) is 0 Å². The Labute approximate surface area is 231 Å². The maximum atomic E-state index is 3.19. The van der Waals surface area contributed by atoms with Crippen LogP contribution in [-0.2, 0) is 0 Å². The summed E-state index contributed by atoms with van der Waals surface area (Å²) in [6, 6.07) is 0. The van der Waals surface area contributed by atoms with Crippen molar-refractivity contribution in [1.29, 1.82) is 0 Å². The van der Waals surface area contributed by atoms with Crippen LogP contribution in [0.5, 0.6) is 0 Å². The van der Waals surface area contributed by atoms with Gasteiger partial charge in [-0.2, -0.15) is 0 Å². The first-order valence-corrected chi connectivity index (χ1v) is 22.0. The van der Waals surface area contributed by atoms with Gasteiger partial charge >= 0.3 is 219 Å². The average Bonchev–Trinajstić information content (AvgIpc) is 2.84. The monoisotopic (exact) mass is 610 g/mol. The van der Waals surface area contributed by atoms with Gasteiger partial charge in [-0.3, -0.25) is 0 Å². The molecule has 0 aliphatic rings. The molecule has 0 radical (unpaired) electrons. The van der Waals surface area contributed by atoms with Crippen molar-refractivity contribution in [2.75, 3.05) is 24.6 Å². The Morgan fingerprint density at radius 1 is 0.294 bits per heavy atom. The van der Waals surface area contributed by atoms with E-state index in [4.69, 9.17) is 0 Å². The van der Waals surface area contributed by atoms with E-state index in [0.717, 1.165) is 0 Å². The third kappa shape index (κ3) is 20.2. The Morgan fingerprint density at radius 2 is 0.471 bits per heavy atom. The SMILES string of the molecule is CCCCCCCCCCCCCCP(I)(CCCCCC)(CCCCCC)CCCCCC. The van der Waals surface area contributed by atoms with Crippen LogP contribution < -0.4 is 0 Å². The fourth-order valence-electron chi connectivity index (χ4n) is 5.82. The van der Waals surface area contributed by atoms with Gasteiger partial charge in [0.2, 0.25) is 0 Å². The van der Waals surface area contributed by atoms with E-state index in [1.54, 1.807) is 24.6 Å². The zero-order valence-corrected chi connectivity index (χ0v) is 27.7. The van der Waals surface area contributed by atoms with Crippen molar-refractivity contribution in [3.8, 4) is 0 Å². The first kappa shape index (κ1) is 35.2. The maximum absolute atomic E-state index is 3.19. The van der Waals surface area contributed by atoms with E-state index in [9.17, 15) is 0 Å². The molecule has 0 aromatic heterocycles. The fourth-order valence-corrected chi connectivity index (χ4v) is 15.3. The molecule has 0 atom stereocenters. The van der Waals surface area contributed by atoms with Gasteiger partial charge in [0.15, 0.2) is 0 Å². The van der Waals surface area contributed by atoms with E-state index in [2.05, 4.69) is 49.7 Å². The van der Waals surface area contributed by atoms with E-state index in [-0.39, 0.29) is 0 Å². The summed E-state index contributed by atoms with van der Waals surface area (Å²) in [7, 11) is 0. The van der Waals surface area contributed by atoms with Crippen LogP contribution in [0.3, 0.4) is 0 Å². The van der Waals surface area contributed by atoms with E-state index < -0.39 is 4.25 Å². The summed E-state index contributed by atoms with van der Waals surface area (Å²) in [5.41, 5.74) is 0. The molecule has 0 aliphatic carbocycles. The molecule has 2 heteroatoms. The summed E-state index contributed by atoms with van der Waals surface area (Å²) >= 11 is 3.19. The second-order valence-electron chi connectivity index (χ2n) is 11.8. The molecule has 0 fully saturated rings. The van der Waals surface area contributed by atoms with Gasteiger partial charge in [0.05, 0.1) is 0 Å². The Kier molecular flexibility index (Phi) is 25.3. The molecule has 0 aliphatic heterocycles. The molecule has 0 bridgehead atoms. The van der Waals surface area contributed by atoms with Gasteiger partial charge in [0, 0.05) is 0 Å². The summed E-state index contributed by atoms with van der Waals surface area (Å²) in [4.78, 5) is 0. The summed E-state index contributed by atoms with van der Waals surface area (Å²) in [6.45, 7) is 9.42. The molecule has 0 unspecified atom stereocenters. The first-order valence-electron chi connectivity index (χ1n) is 16.3. The quantitative estimate of drug-likeness (QED) is 0.0470. The minimum absolute atomic E-state index is 1.37. The molecule has 0 amide bonds.